The largest absolute Gasteiger partial charge is 0.465 e. The minimum Gasteiger partial charge on any atom is -0.465 e. The van der Waals surface area contributed by atoms with E-state index in [2.05, 4.69) is 10.2 Å². The van der Waals surface area contributed by atoms with E-state index in [1.54, 1.807) is 0 Å². The van der Waals surface area contributed by atoms with Gasteiger partial charge in [-0.25, -0.2) is 0 Å². The van der Waals surface area contributed by atoms with E-state index in [1.165, 1.54) is 23.1 Å². The third-order valence-electron chi connectivity index (χ3n) is 1.31. The van der Waals surface area contributed by atoms with Crippen molar-refractivity contribution in [2.75, 3.05) is 18.1 Å². The minimum absolute atomic E-state index is 0.234. The number of carbonyl (C=O) groups is 1. The molecule has 0 radical (unpaired) electrons. The van der Waals surface area contributed by atoms with Crippen LogP contribution in [0.2, 0.25) is 0 Å². The van der Waals surface area contributed by atoms with Gasteiger partial charge in [0.15, 0.2) is 4.34 Å². The summed E-state index contributed by atoms with van der Waals surface area (Å²) in [6.07, 6.45) is 0. The number of hydrogen-bond donors (Lipinski definition) is 1. The third-order valence-corrected chi connectivity index (χ3v) is 3.17. The highest BCUT2D eigenvalue weighted by Crippen LogP contribution is 2.23. The zero-order chi connectivity index (χ0) is 11.3. The summed E-state index contributed by atoms with van der Waals surface area (Å²) in [5.74, 6) is 0.375. The molecule has 0 unspecified atom stereocenters. The molecular formula is C8H13N3O2S2. The summed E-state index contributed by atoms with van der Waals surface area (Å²) in [5.41, 5.74) is 5.40. The average molecular weight is 247 g/mol. The van der Waals surface area contributed by atoms with E-state index < -0.39 is 0 Å². The molecular weight excluding hydrogens is 234 g/mol. The Bertz CT molecular complexity index is 327. The van der Waals surface area contributed by atoms with E-state index >= 15 is 0 Å². The van der Waals surface area contributed by atoms with Gasteiger partial charge in [0.2, 0.25) is 5.13 Å². The fraction of sp³-hybridized carbons (Fsp3) is 0.625. The van der Waals surface area contributed by atoms with Crippen LogP contribution < -0.4 is 5.73 Å². The number of nitrogen functional groups attached to an aromatic ring is 1. The summed E-state index contributed by atoms with van der Waals surface area (Å²) in [6.45, 7) is 4.44. The van der Waals surface area contributed by atoms with Crippen LogP contribution in [0.15, 0.2) is 4.34 Å². The first kappa shape index (κ1) is 12.3. The molecule has 0 atom stereocenters. The molecule has 7 heteroatoms. The van der Waals surface area contributed by atoms with Crippen LogP contribution in [-0.4, -0.2) is 28.5 Å². The Morgan fingerprint density at radius 3 is 2.87 bits per heavy atom. The second-order valence-corrected chi connectivity index (χ2v) is 5.50. The molecule has 0 aliphatic carbocycles. The quantitative estimate of drug-likeness (QED) is 0.626. The standard InChI is InChI=1S/C8H13N3O2S2/c1-5(2)3-13-6(12)4-14-8-11-10-7(9)15-8/h5H,3-4H2,1-2H3,(H2,9,10). The number of thioether (sulfide) groups is 1. The molecule has 84 valence electrons. The molecule has 0 aliphatic heterocycles. The fourth-order valence-corrected chi connectivity index (χ4v) is 2.13. The Morgan fingerprint density at radius 1 is 1.60 bits per heavy atom. The van der Waals surface area contributed by atoms with Crippen LogP contribution in [0, 0.1) is 5.92 Å². The van der Waals surface area contributed by atoms with Crippen LogP contribution >= 0.6 is 23.1 Å². The lowest BCUT2D eigenvalue weighted by Crippen LogP contribution is -2.11. The summed E-state index contributed by atoms with van der Waals surface area (Å²) in [6, 6.07) is 0. The predicted octanol–water partition coefficient (Wildman–Crippen LogP) is 1.41. The first-order valence-corrected chi connectivity index (χ1v) is 6.25. The zero-order valence-electron chi connectivity index (χ0n) is 8.60. The summed E-state index contributed by atoms with van der Waals surface area (Å²) < 4.78 is 5.69. The number of hydrogen-bond acceptors (Lipinski definition) is 7. The molecule has 0 saturated carbocycles. The normalized spacial score (nSPS) is 10.6. The van der Waals surface area contributed by atoms with Gasteiger partial charge in [-0.15, -0.1) is 10.2 Å². The van der Waals surface area contributed by atoms with Gasteiger partial charge < -0.3 is 10.5 Å². The summed E-state index contributed by atoms with van der Waals surface area (Å²) in [7, 11) is 0. The number of carbonyl (C=O) groups excluding carboxylic acids is 1. The summed E-state index contributed by atoms with van der Waals surface area (Å²) in [5, 5.41) is 7.83. The lowest BCUT2D eigenvalue weighted by molar-refractivity contribution is -0.141. The van der Waals surface area contributed by atoms with E-state index in [0.29, 0.717) is 22.0 Å². The molecule has 0 bridgehead atoms. The van der Waals surface area contributed by atoms with Crippen LogP contribution in [-0.2, 0) is 9.53 Å². The number of ether oxygens (including phenoxy) is 1. The molecule has 0 amide bonds. The minimum atomic E-state index is -0.234. The lowest BCUT2D eigenvalue weighted by Gasteiger charge is -2.05. The first-order valence-electron chi connectivity index (χ1n) is 4.45. The second kappa shape index (κ2) is 5.92. The van der Waals surface area contributed by atoms with Crippen LogP contribution in [0.1, 0.15) is 13.8 Å². The molecule has 1 rings (SSSR count). The average Bonchev–Trinajstić information content (AvgIpc) is 2.58. The van der Waals surface area contributed by atoms with Gasteiger partial charge in [0.1, 0.15) is 0 Å². The maximum atomic E-state index is 11.2. The molecule has 5 nitrogen and oxygen atoms in total. The van der Waals surface area contributed by atoms with Gasteiger partial charge >= 0.3 is 5.97 Å². The molecule has 0 spiro atoms. The fourth-order valence-electron chi connectivity index (χ4n) is 0.701. The molecule has 1 heterocycles. The van der Waals surface area contributed by atoms with Gasteiger partial charge in [-0.3, -0.25) is 4.79 Å². The Kier molecular flexibility index (Phi) is 4.83. The number of aromatic nitrogens is 2. The Labute approximate surface area is 96.4 Å². The molecule has 1 aromatic heterocycles. The number of nitrogens with zero attached hydrogens (tertiary/aromatic N) is 2. The number of esters is 1. The second-order valence-electron chi connectivity index (χ2n) is 3.27. The maximum absolute atomic E-state index is 11.2. The highest BCUT2D eigenvalue weighted by molar-refractivity contribution is 8.01. The molecule has 15 heavy (non-hydrogen) atoms. The topological polar surface area (TPSA) is 78.1 Å². The van der Waals surface area contributed by atoms with E-state index in [4.69, 9.17) is 10.5 Å². The van der Waals surface area contributed by atoms with Crippen LogP contribution in [0.3, 0.4) is 0 Å². The van der Waals surface area contributed by atoms with Crippen LogP contribution in [0.5, 0.6) is 0 Å². The highest BCUT2D eigenvalue weighted by Gasteiger charge is 2.08. The first-order chi connectivity index (χ1) is 7.08. The van der Waals surface area contributed by atoms with Gasteiger partial charge in [-0.1, -0.05) is 36.9 Å². The molecule has 1 aromatic rings. The van der Waals surface area contributed by atoms with Crippen molar-refractivity contribution < 1.29 is 9.53 Å². The molecule has 2 N–H and O–H groups in total. The van der Waals surface area contributed by atoms with Crippen molar-refractivity contribution in [1.29, 1.82) is 0 Å². The Balaban J connectivity index is 2.22. The van der Waals surface area contributed by atoms with Gasteiger partial charge in [0.25, 0.3) is 0 Å². The molecule has 0 aliphatic rings. The van der Waals surface area contributed by atoms with Crippen molar-refractivity contribution in [1.82, 2.24) is 10.2 Å². The maximum Gasteiger partial charge on any atom is 0.316 e. The van der Waals surface area contributed by atoms with Gasteiger partial charge in [-0.05, 0) is 5.92 Å². The number of nitrogens with two attached hydrogens (primary N) is 1. The van der Waals surface area contributed by atoms with E-state index in [1.807, 2.05) is 13.8 Å². The van der Waals surface area contributed by atoms with E-state index in [-0.39, 0.29) is 11.7 Å². The highest BCUT2D eigenvalue weighted by atomic mass is 32.2. The van der Waals surface area contributed by atoms with E-state index in [0.717, 1.165) is 0 Å². The van der Waals surface area contributed by atoms with Crippen LogP contribution in [0.25, 0.3) is 0 Å². The van der Waals surface area contributed by atoms with Gasteiger partial charge in [0.05, 0.1) is 12.4 Å². The molecule has 0 fully saturated rings. The SMILES string of the molecule is CC(C)COC(=O)CSc1nnc(N)s1. The number of anilines is 1. The summed E-state index contributed by atoms with van der Waals surface area (Å²) >= 11 is 2.56. The molecule has 0 aromatic carbocycles. The monoisotopic (exact) mass is 247 g/mol. The van der Waals surface area contributed by atoms with Gasteiger partial charge in [-0.2, -0.15) is 0 Å². The predicted molar refractivity (Wildman–Crippen MR) is 60.8 cm³/mol. The number of rotatable bonds is 5. The van der Waals surface area contributed by atoms with Crippen molar-refractivity contribution >= 4 is 34.2 Å². The van der Waals surface area contributed by atoms with Crippen molar-refractivity contribution in [2.24, 2.45) is 5.92 Å². The summed E-state index contributed by atoms with van der Waals surface area (Å²) in [4.78, 5) is 11.2. The third kappa shape index (κ3) is 4.98. The lowest BCUT2D eigenvalue weighted by atomic mass is 10.2. The Morgan fingerprint density at radius 2 is 2.33 bits per heavy atom. The van der Waals surface area contributed by atoms with Gasteiger partial charge in [0, 0.05) is 0 Å². The van der Waals surface area contributed by atoms with E-state index in [9.17, 15) is 4.79 Å². The molecule has 0 saturated heterocycles. The van der Waals surface area contributed by atoms with Crippen molar-refractivity contribution in [3.05, 3.63) is 0 Å². The van der Waals surface area contributed by atoms with Crippen LogP contribution in [0.4, 0.5) is 5.13 Å². The zero-order valence-corrected chi connectivity index (χ0v) is 10.2. The Hall–Kier alpha value is -0.820. The smallest absolute Gasteiger partial charge is 0.316 e. The van der Waals surface area contributed by atoms with Crippen molar-refractivity contribution in [3.8, 4) is 0 Å². The van der Waals surface area contributed by atoms with Crippen molar-refractivity contribution in [2.45, 2.75) is 18.2 Å². The van der Waals surface area contributed by atoms with Crippen molar-refractivity contribution in [3.63, 3.8) is 0 Å².